The lowest BCUT2D eigenvalue weighted by molar-refractivity contribution is -0.138. The Morgan fingerprint density at radius 3 is 2.41 bits per heavy atom. The second kappa shape index (κ2) is 3.98. The van der Waals surface area contributed by atoms with Crippen LogP contribution in [0.25, 0.3) is 0 Å². The Morgan fingerprint density at radius 1 is 1.41 bits per heavy atom. The van der Waals surface area contributed by atoms with E-state index in [9.17, 15) is 4.79 Å². The van der Waals surface area contributed by atoms with Gasteiger partial charge in [-0.2, -0.15) is 0 Å². The zero-order valence-electron chi connectivity index (χ0n) is 11.8. The highest BCUT2D eigenvalue weighted by atomic mass is 16.2. The van der Waals surface area contributed by atoms with E-state index in [0.29, 0.717) is 11.8 Å². The lowest BCUT2D eigenvalue weighted by Crippen LogP contribution is -2.52. The second-order valence-corrected chi connectivity index (χ2v) is 6.36. The van der Waals surface area contributed by atoms with Crippen LogP contribution in [0.5, 0.6) is 0 Å². The number of nitrogens with one attached hydrogen (secondary N) is 1. The topological polar surface area (TPSA) is 32.3 Å². The molecule has 2 fully saturated rings. The van der Waals surface area contributed by atoms with Crippen LogP contribution in [0.1, 0.15) is 60.3 Å². The van der Waals surface area contributed by atoms with Crippen molar-refractivity contribution in [2.24, 2.45) is 5.92 Å². The number of nitrogens with zero attached hydrogens (tertiary/aromatic N) is 1. The summed E-state index contributed by atoms with van der Waals surface area (Å²) >= 11 is 0. The molecular weight excluding hydrogens is 212 g/mol. The highest BCUT2D eigenvalue weighted by Crippen LogP contribution is 2.46. The lowest BCUT2D eigenvalue weighted by Gasteiger charge is -2.40. The predicted molar refractivity (Wildman–Crippen MR) is 69.6 cm³/mol. The molecule has 98 valence electrons. The van der Waals surface area contributed by atoms with Crippen molar-refractivity contribution < 1.29 is 4.79 Å². The molecule has 0 aromatic rings. The molecule has 0 radical (unpaired) electrons. The molecule has 17 heavy (non-hydrogen) atoms. The van der Waals surface area contributed by atoms with Crippen LogP contribution < -0.4 is 5.32 Å². The largest absolute Gasteiger partial charge is 0.320 e. The van der Waals surface area contributed by atoms with Crippen LogP contribution >= 0.6 is 0 Å². The highest BCUT2D eigenvalue weighted by molar-refractivity contribution is 5.89. The summed E-state index contributed by atoms with van der Waals surface area (Å²) in [6.07, 6.45) is 4.60. The molecule has 1 amide bonds. The number of amides is 1. The van der Waals surface area contributed by atoms with Gasteiger partial charge >= 0.3 is 0 Å². The first-order valence-corrected chi connectivity index (χ1v) is 6.98. The maximum atomic E-state index is 12.7. The van der Waals surface area contributed by atoms with Gasteiger partial charge in [-0.25, -0.2) is 0 Å². The quantitative estimate of drug-likeness (QED) is 0.816. The Kier molecular flexibility index (Phi) is 3.01. The molecule has 1 N–H and O–H groups in total. The molecule has 2 atom stereocenters. The van der Waals surface area contributed by atoms with Crippen molar-refractivity contribution in [3.05, 3.63) is 0 Å². The fraction of sp³-hybridized carbons (Fsp3) is 0.929. The van der Waals surface area contributed by atoms with Crippen LogP contribution in [0.3, 0.4) is 0 Å². The van der Waals surface area contributed by atoms with E-state index in [1.54, 1.807) is 0 Å². The molecule has 2 rings (SSSR count). The molecule has 1 saturated heterocycles. The van der Waals surface area contributed by atoms with Crippen LogP contribution in [-0.2, 0) is 4.79 Å². The van der Waals surface area contributed by atoms with Gasteiger partial charge in [0.2, 0.25) is 5.91 Å². The summed E-state index contributed by atoms with van der Waals surface area (Å²) in [6.45, 7) is 10.7. The Hall–Kier alpha value is -0.570. The van der Waals surface area contributed by atoms with Crippen molar-refractivity contribution in [3.63, 3.8) is 0 Å². The first kappa shape index (κ1) is 12.9. The SMILES string of the molecule is CCC1NC(C)(CC)C(=O)N1C(C)(C)C1CC1. The Bertz CT molecular complexity index is 322. The molecule has 0 spiro atoms. The zero-order chi connectivity index (χ0) is 12.8. The third-order valence-corrected chi connectivity index (χ3v) is 4.78. The van der Waals surface area contributed by atoms with Crippen LogP contribution in [0.15, 0.2) is 0 Å². The third-order valence-electron chi connectivity index (χ3n) is 4.78. The molecule has 2 unspecified atom stereocenters. The minimum Gasteiger partial charge on any atom is -0.320 e. The molecule has 3 heteroatoms. The van der Waals surface area contributed by atoms with Gasteiger partial charge in [0.15, 0.2) is 0 Å². The molecule has 3 nitrogen and oxygen atoms in total. The van der Waals surface area contributed by atoms with Gasteiger partial charge < -0.3 is 4.90 Å². The third kappa shape index (κ3) is 1.88. The Labute approximate surface area is 105 Å². The fourth-order valence-corrected chi connectivity index (χ4v) is 3.09. The van der Waals surface area contributed by atoms with Gasteiger partial charge in [0.1, 0.15) is 0 Å². The van der Waals surface area contributed by atoms with E-state index in [-0.39, 0.29) is 17.2 Å². The molecule has 2 aliphatic rings. The summed E-state index contributed by atoms with van der Waals surface area (Å²) in [6, 6.07) is 0. The molecule has 1 saturated carbocycles. The van der Waals surface area contributed by atoms with Crippen molar-refractivity contribution in [3.8, 4) is 0 Å². The molecular formula is C14H26N2O. The van der Waals surface area contributed by atoms with Crippen molar-refractivity contribution in [2.75, 3.05) is 0 Å². The summed E-state index contributed by atoms with van der Waals surface area (Å²) in [7, 11) is 0. The van der Waals surface area contributed by atoms with Gasteiger partial charge in [-0.05, 0) is 52.4 Å². The smallest absolute Gasteiger partial charge is 0.244 e. The van der Waals surface area contributed by atoms with Gasteiger partial charge in [-0.15, -0.1) is 0 Å². The zero-order valence-corrected chi connectivity index (χ0v) is 11.8. The number of carbonyl (C=O) groups excluding carboxylic acids is 1. The summed E-state index contributed by atoms with van der Waals surface area (Å²) < 4.78 is 0. The van der Waals surface area contributed by atoms with Gasteiger partial charge in [-0.1, -0.05) is 13.8 Å². The summed E-state index contributed by atoms with van der Waals surface area (Å²) in [4.78, 5) is 14.8. The highest BCUT2D eigenvalue weighted by Gasteiger charge is 2.54. The first-order chi connectivity index (χ1) is 7.86. The van der Waals surface area contributed by atoms with Crippen LogP contribution in [0, 0.1) is 5.92 Å². The minimum absolute atomic E-state index is 0.0116. The van der Waals surface area contributed by atoms with Crippen molar-refractivity contribution in [1.82, 2.24) is 10.2 Å². The van der Waals surface area contributed by atoms with Gasteiger partial charge in [0.05, 0.1) is 11.7 Å². The summed E-state index contributed by atoms with van der Waals surface area (Å²) in [5.74, 6) is 0.991. The molecule has 1 heterocycles. The molecule has 1 aliphatic carbocycles. The van der Waals surface area contributed by atoms with E-state index >= 15 is 0 Å². The molecule has 0 bridgehead atoms. The molecule has 1 aliphatic heterocycles. The van der Waals surface area contributed by atoms with Crippen molar-refractivity contribution in [2.45, 2.75) is 77.5 Å². The summed E-state index contributed by atoms with van der Waals surface area (Å²) in [5.41, 5.74) is -0.343. The van der Waals surface area contributed by atoms with E-state index in [0.717, 1.165) is 12.8 Å². The van der Waals surface area contributed by atoms with Crippen LogP contribution in [0.4, 0.5) is 0 Å². The number of hydrogen-bond acceptors (Lipinski definition) is 2. The van der Waals surface area contributed by atoms with E-state index in [1.165, 1.54) is 12.8 Å². The van der Waals surface area contributed by atoms with E-state index in [1.807, 2.05) is 6.92 Å². The standard InChI is InChI=1S/C14H26N2O/c1-6-11-15-14(5,7-2)12(17)16(11)13(3,4)10-8-9-10/h10-11,15H,6-9H2,1-5H3. The average Bonchev–Trinajstić information content (AvgIpc) is 3.08. The van der Waals surface area contributed by atoms with E-state index in [4.69, 9.17) is 0 Å². The van der Waals surface area contributed by atoms with Crippen molar-refractivity contribution in [1.29, 1.82) is 0 Å². The maximum Gasteiger partial charge on any atom is 0.244 e. The average molecular weight is 238 g/mol. The Morgan fingerprint density at radius 2 is 2.00 bits per heavy atom. The van der Waals surface area contributed by atoms with E-state index < -0.39 is 0 Å². The van der Waals surface area contributed by atoms with Crippen LogP contribution in [0.2, 0.25) is 0 Å². The maximum absolute atomic E-state index is 12.7. The second-order valence-electron chi connectivity index (χ2n) is 6.36. The first-order valence-electron chi connectivity index (χ1n) is 6.98. The molecule has 0 aromatic carbocycles. The van der Waals surface area contributed by atoms with Gasteiger partial charge in [-0.3, -0.25) is 10.1 Å². The lowest BCUT2D eigenvalue weighted by atomic mass is 9.93. The van der Waals surface area contributed by atoms with E-state index in [2.05, 4.69) is 37.9 Å². The summed E-state index contributed by atoms with van der Waals surface area (Å²) in [5, 5.41) is 3.53. The predicted octanol–water partition coefficient (Wildman–Crippen LogP) is 2.51. The van der Waals surface area contributed by atoms with Gasteiger partial charge in [0.25, 0.3) is 0 Å². The van der Waals surface area contributed by atoms with Crippen molar-refractivity contribution >= 4 is 5.91 Å². The molecule has 0 aromatic heterocycles. The Balaban J connectivity index is 2.28. The fourth-order valence-electron chi connectivity index (χ4n) is 3.09. The van der Waals surface area contributed by atoms with Crippen LogP contribution in [-0.4, -0.2) is 28.1 Å². The number of carbonyl (C=O) groups is 1. The number of rotatable bonds is 4. The monoisotopic (exact) mass is 238 g/mol. The minimum atomic E-state index is -0.354. The number of hydrogen-bond donors (Lipinski definition) is 1. The normalized spacial score (nSPS) is 34.5. The van der Waals surface area contributed by atoms with Gasteiger partial charge in [0, 0.05) is 5.54 Å².